The molecule has 0 aromatic heterocycles. The van der Waals surface area contributed by atoms with Crippen LogP contribution in [-0.2, 0) is 0 Å². The van der Waals surface area contributed by atoms with Gasteiger partial charge in [-0.05, 0) is 38.6 Å². The van der Waals surface area contributed by atoms with Gasteiger partial charge in [-0.2, -0.15) is 0 Å². The van der Waals surface area contributed by atoms with Crippen LogP contribution >= 0.6 is 0 Å². The molecule has 0 aromatic carbocycles. The Morgan fingerprint density at radius 1 is 1.18 bits per heavy atom. The number of piperidine rings is 1. The molecule has 2 bridgehead atoms. The topological polar surface area (TPSA) is 3.24 Å². The zero-order valence-electron chi connectivity index (χ0n) is 7.71. The largest absolute Gasteiger partial charge is 0.300 e. The number of hydrogen-bond acceptors (Lipinski definition) is 1. The van der Waals surface area contributed by atoms with Crippen LogP contribution in [0.5, 0.6) is 0 Å². The van der Waals surface area contributed by atoms with Crippen molar-refractivity contribution in [2.24, 2.45) is 5.92 Å². The van der Waals surface area contributed by atoms with E-state index in [-0.39, 0.29) is 0 Å². The first-order valence-electron chi connectivity index (χ1n) is 5.05. The molecule has 2 heterocycles. The molecule has 0 N–H and O–H groups in total. The molecule has 2 rings (SSSR count). The molecule has 2 saturated heterocycles. The third kappa shape index (κ3) is 1.10. The zero-order chi connectivity index (χ0) is 7.84. The molecule has 0 saturated carbocycles. The first kappa shape index (κ1) is 7.60. The number of nitrogens with zero attached hydrogens (tertiary/aromatic N) is 1. The van der Waals surface area contributed by atoms with Crippen LogP contribution < -0.4 is 0 Å². The summed E-state index contributed by atoms with van der Waals surface area (Å²) in [5.74, 6) is 1.01. The Bertz CT molecular complexity index is 144. The van der Waals surface area contributed by atoms with Crippen LogP contribution in [0.15, 0.2) is 0 Å². The second-order valence-electron chi connectivity index (χ2n) is 4.21. The van der Waals surface area contributed by atoms with Crippen LogP contribution in [0.25, 0.3) is 0 Å². The van der Waals surface area contributed by atoms with Gasteiger partial charge in [-0.25, -0.2) is 0 Å². The molecule has 1 nitrogen and oxygen atoms in total. The second-order valence-corrected chi connectivity index (χ2v) is 4.21. The molecule has 3 atom stereocenters. The van der Waals surface area contributed by atoms with Crippen LogP contribution in [0.2, 0.25) is 0 Å². The van der Waals surface area contributed by atoms with Gasteiger partial charge in [-0.15, -0.1) is 0 Å². The minimum Gasteiger partial charge on any atom is -0.300 e. The molecular weight excluding hydrogens is 134 g/mol. The Hall–Kier alpha value is -0.0400. The maximum atomic E-state index is 2.64. The Kier molecular flexibility index (Phi) is 1.92. The minimum absolute atomic E-state index is 0.943. The van der Waals surface area contributed by atoms with Gasteiger partial charge in [-0.1, -0.05) is 13.3 Å². The highest BCUT2D eigenvalue weighted by Gasteiger charge is 2.38. The Morgan fingerprint density at radius 3 is 2.64 bits per heavy atom. The molecule has 0 aliphatic carbocycles. The number of rotatable bonds is 1. The molecule has 0 radical (unpaired) electrons. The second kappa shape index (κ2) is 2.78. The average Bonchev–Trinajstić information content (AvgIpc) is 2.31. The Morgan fingerprint density at radius 2 is 1.91 bits per heavy atom. The van der Waals surface area contributed by atoms with Gasteiger partial charge in [0, 0.05) is 12.1 Å². The molecule has 1 heteroatoms. The fraction of sp³-hybridized carbons (Fsp3) is 1.00. The molecule has 3 unspecified atom stereocenters. The Balaban J connectivity index is 2.08. The summed E-state index contributed by atoms with van der Waals surface area (Å²) >= 11 is 0. The van der Waals surface area contributed by atoms with Gasteiger partial charge in [0.2, 0.25) is 0 Å². The molecule has 64 valence electrons. The molecule has 11 heavy (non-hydrogen) atoms. The van der Waals surface area contributed by atoms with E-state index in [1.165, 1.54) is 32.1 Å². The predicted octanol–water partition coefficient (Wildman–Crippen LogP) is 2.27. The molecule has 0 aromatic rings. The molecule has 0 amide bonds. The maximum absolute atomic E-state index is 2.64. The van der Waals surface area contributed by atoms with Gasteiger partial charge in [0.15, 0.2) is 0 Å². The van der Waals surface area contributed by atoms with Crippen LogP contribution in [0.4, 0.5) is 0 Å². The lowest BCUT2D eigenvalue weighted by molar-refractivity contribution is 0.118. The minimum atomic E-state index is 0.943. The van der Waals surface area contributed by atoms with Crippen molar-refractivity contribution in [2.75, 3.05) is 7.05 Å². The van der Waals surface area contributed by atoms with Crippen molar-refractivity contribution in [3.8, 4) is 0 Å². The van der Waals surface area contributed by atoms with Gasteiger partial charge in [0.05, 0.1) is 0 Å². The summed E-state index contributed by atoms with van der Waals surface area (Å²) in [5, 5.41) is 0. The predicted molar refractivity (Wildman–Crippen MR) is 47.6 cm³/mol. The summed E-state index contributed by atoms with van der Waals surface area (Å²) in [7, 11) is 2.32. The van der Waals surface area contributed by atoms with E-state index >= 15 is 0 Å². The third-order valence-corrected chi connectivity index (χ3v) is 3.83. The summed E-state index contributed by atoms with van der Waals surface area (Å²) in [6.45, 7) is 2.34. The van der Waals surface area contributed by atoms with Gasteiger partial charge in [-0.3, -0.25) is 0 Å². The first-order valence-corrected chi connectivity index (χ1v) is 5.05. The van der Waals surface area contributed by atoms with Crippen molar-refractivity contribution in [3.05, 3.63) is 0 Å². The van der Waals surface area contributed by atoms with Gasteiger partial charge >= 0.3 is 0 Å². The number of hydrogen-bond donors (Lipinski definition) is 0. The molecule has 2 fully saturated rings. The van der Waals surface area contributed by atoms with E-state index in [0.29, 0.717) is 0 Å². The van der Waals surface area contributed by atoms with E-state index < -0.39 is 0 Å². The van der Waals surface area contributed by atoms with Crippen molar-refractivity contribution in [1.82, 2.24) is 4.90 Å². The highest BCUT2D eigenvalue weighted by atomic mass is 15.2. The quantitative estimate of drug-likeness (QED) is 0.558. The first-order chi connectivity index (χ1) is 5.33. The average molecular weight is 153 g/mol. The molecule has 2 aliphatic heterocycles. The summed E-state index contributed by atoms with van der Waals surface area (Å²) in [4.78, 5) is 2.64. The lowest BCUT2D eigenvalue weighted by Crippen LogP contribution is -2.41. The van der Waals surface area contributed by atoms with Crippen molar-refractivity contribution >= 4 is 0 Å². The van der Waals surface area contributed by atoms with Crippen molar-refractivity contribution in [2.45, 2.75) is 51.1 Å². The van der Waals surface area contributed by atoms with Crippen molar-refractivity contribution in [1.29, 1.82) is 0 Å². The highest BCUT2D eigenvalue weighted by molar-refractivity contribution is 4.93. The molecule has 2 aliphatic rings. The summed E-state index contributed by atoms with van der Waals surface area (Å²) in [5.41, 5.74) is 0. The van der Waals surface area contributed by atoms with Gasteiger partial charge in [0.1, 0.15) is 0 Å². The summed E-state index contributed by atoms with van der Waals surface area (Å²) < 4.78 is 0. The smallest absolute Gasteiger partial charge is 0.0124 e. The maximum Gasteiger partial charge on any atom is 0.0124 e. The van der Waals surface area contributed by atoms with Crippen molar-refractivity contribution in [3.63, 3.8) is 0 Å². The van der Waals surface area contributed by atoms with Crippen LogP contribution in [-0.4, -0.2) is 24.0 Å². The molecule has 0 spiro atoms. The zero-order valence-corrected chi connectivity index (χ0v) is 7.71. The lowest BCUT2D eigenvalue weighted by atomic mass is 9.89. The normalized spacial score (nSPS) is 44.7. The van der Waals surface area contributed by atoms with Crippen LogP contribution in [0.3, 0.4) is 0 Å². The van der Waals surface area contributed by atoms with E-state index in [0.717, 1.165) is 18.0 Å². The van der Waals surface area contributed by atoms with Crippen LogP contribution in [0, 0.1) is 5.92 Å². The van der Waals surface area contributed by atoms with E-state index in [1.807, 2.05) is 0 Å². The fourth-order valence-electron chi connectivity index (χ4n) is 3.03. The SMILES string of the molecule is CCC1CCC2CCC1N2C. The Labute approximate surface area is 69.8 Å². The van der Waals surface area contributed by atoms with Crippen molar-refractivity contribution < 1.29 is 0 Å². The fourth-order valence-corrected chi connectivity index (χ4v) is 3.03. The highest BCUT2D eigenvalue weighted by Crippen LogP contribution is 2.38. The lowest BCUT2D eigenvalue weighted by Gasteiger charge is -2.37. The molecular formula is C10H19N. The van der Waals surface area contributed by atoms with Gasteiger partial charge < -0.3 is 4.90 Å². The van der Waals surface area contributed by atoms with E-state index in [2.05, 4.69) is 18.9 Å². The van der Waals surface area contributed by atoms with Crippen LogP contribution in [0.1, 0.15) is 39.0 Å². The van der Waals surface area contributed by atoms with Gasteiger partial charge in [0.25, 0.3) is 0 Å². The monoisotopic (exact) mass is 153 g/mol. The van der Waals surface area contributed by atoms with E-state index in [1.54, 1.807) is 0 Å². The standard InChI is InChI=1S/C10H19N/c1-3-8-4-5-9-6-7-10(8)11(9)2/h8-10H,3-7H2,1-2H3. The third-order valence-electron chi connectivity index (χ3n) is 3.83. The number of fused-ring (bicyclic) bond motifs is 2. The summed E-state index contributed by atoms with van der Waals surface area (Å²) in [6.07, 6.45) is 7.29. The summed E-state index contributed by atoms with van der Waals surface area (Å²) in [6, 6.07) is 1.89. The van der Waals surface area contributed by atoms with E-state index in [4.69, 9.17) is 0 Å². The van der Waals surface area contributed by atoms with E-state index in [9.17, 15) is 0 Å².